The van der Waals surface area contributed by atoms with Gasteiger partial charge in [-0.05, 0) is 30.2 Å². The number of ketones is 1. The molecule has 282 valence electrons. The molecule has 0 aliphatic heterocycles. The van der Waals surface area contributed by atoms with Crippen LogP contribution in [-0.4, -0.2) is 86.7 Å². The molecule has 4 atom stereocenters. The Labute approximate surface area is 319 Å². The molecule has 13 heteroatoms. The van der Waals surface area contributed by atoms with Crippen LogP contribution in [0.2, 0.25) is 25.7 Å². The van der Waals surface area contributed by atoms with E-state index >= 15 is 0 Å². The van der Waals surface area contributed by atoms with Gasteiger partial charge in [0.15, 0.2) is 5.78 Å². The monoisotopic (exact) mass is 783 g/mol. The predicted octanol–water partition coefficient (Wildman–Crippen LogP) is 8.79. The molecule has 9 nitrogen and oxygen atoms in total. The number of allylic oxidation sites excluding steroid dienone is 5. The maximum Gasteiger partial charge on any atom is 0.417 e. The molecule has 1 aromatic carbocycles. The summed E-state index contributed by atoms with van der Waals surface area (Å²) in [7, 11) is 1.95. The third kappa shape index (κ3) is 20.6. The van der Waals surface area contributed by atoms with Gasteiger partial charge in [0, 0.05) is 40.2 Å². The number of methoxy groups -OCH3 is 2. The number of nitrogens with zero attached hydrogens (tertiary/aromatic N) is 1. The van der Waals surface area contributed by atoms with Crippen molar-refractivity contribution >= 4 is 72.7 Å². The first-order valence-corrected chi connectivity index (χ1v) is 21.4. The smallest absolute Gasteiger partial charge is 0.417 e. The maximum absolute atomic E-state index is 13.2. The van der Waals surface area contributed by atoms with Gasteiger partial charge in [0.25, 0.3) is 5.91 Å². The lowest BCUT2D eigenvalue weighted by atomic mass is 9.88. The van der Waals surface area contributed by atoms with E-state index < -0.39 is 42.2 Å². The number of carbonyl (C=O) groups excluding carboxylic acids is 4. The van der Waals surface area contributed by atoms with Gasteiger partial charge in [-0.3, -0.25) is 14.4 Å². The molecule has 0 unspecified atom stereocenters. The quantitative estimate of drug-likeness (QED) is 0.0323. The molecule has 0 aliphatic carbocycles. The second-order valence-corrected chi connectivity index (χ2v) is 21.4. The van der Waals surface area contributed by atoms with E-state index in [1.165, 1.54) is 30.4 Å². The van der Waals surface area contributed by atoms with Gasteiger partial charge in [-0.25, -0.2) is 9.69 Å². The summed E-state index contributed by atoms with van der Waals surface area (Å²) in [6.45, 7) is 11.8. The summed E-state index contributed by atoms with van der Waals surface area (Å²) < 4.78 is 19.9. The minimum atomic E-state index is -1.88. The molecule has 51 heavy (non-hydrogen) atoms. The van der Waals surface area contributed by atoms with Crippen molar-refractivity contribution in [2.24, 2.45) is 11.8 Å². The summed E-state index contributed by atoms with van der Waals surface area (Å²) in [5.74, 6) is -1.79. The summed E-state index contributed by atoms with van der Waals surface area (Å²) in [5.41, 5.74) is 1.63. The molecule has 0 bridgehead atoms. The third-order valence-electron chi connectivity index (χ3n) is 7.49. The summed E-state index contributed by atoms with van der Waals surface area (Å²) in [5, 5.41) is 0. The van der Waals surface area contributed by atoms with E-state index in [0.29, 0.717) is 12.2 Å². The van der Waals surface area contributed by atoms with E-state index in [4.69, 9.17) is 53.8 Å². The van der Waals surface area contributed by atoms with Crippen molar-refractivity contribution in [1.29, 1.82) is 0 Å². The number of rotatable bonds is 20. The molecule has 1 rings (SSSR count). The molecule has 0 heterocycles. The number of imide groups is 1. The lowest BCUT2D eigenvalue weighted by Gasteiger charge is -2.30. The van der Waals surface area contributed by atoms with E-state index in [2.05, 4.69) is 26.6 Å². The number of alkyl halides is 3. The third-order valence-corrected chi connectivity index (χ3v) is 9.52. The molecular formula is C38H52Cl3NO8Si. The van der Waals surface area contributed by atoms with Gasteiger partial charge in [-0.2, -0.15) is 0 Å². The molecule has 0 saturated heterocycles. The van der Waals surface area contributed by atoms with Crippen molar-refractivity contribution in [3.8, 4) is 0 Å². The fourth-order valence-corrected chi connectivity index (χ4v) is 5.55. The lowest BCUT2D eigenvalue weighted by Crippen LogP contribution is -2.38. The second kappa shape index (κ2) is 23.5. The maximum atomic E-state index is 13.2. The van der Waals surface area contributed by atoms with Crippen LogP contribution in [0.4, 0.5) is 4.79 Å². The SMILES string of the molecule is CO[C@H]([C@H](C)[C@H](/C=C/c1ccccc1)OC)[C@@H](C)/C=C/C(C)=C/C(=O)N(C/C=C\C=C/C(=O)CC(=O)OCC[Si](C)(C)C)C(=O)OCC(Cl)(Cl)Cl. The lowest BCUT2D eigenvalue weighted by molar-refractivity contribution is -0.144. The number of carbonyl (C=O) groups is 4. The second-order valence-electron chi connectivity index (χ2n) is 13.2. The van der Waals surface area contributed by atoms with Crippen LogP contribution in [-0.2, 0) is 33.3 Å². The first-order valence-electron chi connectivity index (χ1n) is 16.6. The van der Waals surface area contributed by atoms with E-state index in [0.717, 1.165) is 16.5 Å². The Balaban J connectivity index is 2.96. The number of halogens is 3. The Hall–Kier alpha value is -2.99. The van der Waals surface area contributed by atoms with Crippen molar-refractivity contribution in [3.63, 3.8) is 0 Å². The molecule has 0 radical (unpaired) electrons. The van der Waals surface area contributed by atoms with Crippen LogP contribution in [0.3, 0.4) is 0 Å². The molecule has 2 amide bonds. The van der Waals surface area contributed by atoms with Crippen LogP contribution in [0.25, 0.3) is 6.08 Å². The van der Waals surface area contributed by atoms with Crippen LogP contribution in [0.1, 0.15) is 32.8 Å². The molecule has 0 aromatic heterocycles. The first kappa shape index (κ1) is 46.0. The minimum absolute atomic E-state index is 0.0153. The molecule has 0 aliphatic rings. The van der Waals surface area contributed by atoms with E-state index in [1.54, 1.807) is 27.2 Å². The number of hydrogen-bond acceptors (Lipinski definition) is 8. The van der Waals surface area contributed by atoms with E-state index in [-0.39, 0.29) is 37.0 Å². The van der Waals surface area contributed by atoms with Crippen LogP contribution in [0.15, 0.2) is 84.5 Å². The zero-order valence-electron chi connectivity index (χ0n) is 30.8. The van der Waals surface area contributed by atoms with Crippen LogP contribution in [0.5, 0.6) is 0 Å². The minimum Gasteiger partial charge on any atom is -0.466 e. The molecule has 1 aromatic rings. The number of ether oxygens (including phenoxy) is 4. The highest BCUT2D eigenvalue weighted by Crippen LogP contribution is 2.26. The zero-order chi connectivity index (χ0) is 38.6. The van der Waals surface area contributed by atoms with Crippen LogP contribution in [0, 0.1) is 11.8 Å². The average molecular weight is 785 g/mol. The number of hydrogen-bond donors (Lipinski definition) is 0. The standard InChI is InChI=1S/C38H52Cl3NO8Si/c1-28(18-19-29(2)36(48-5)30(3)33(47-4)21-20-31-15-11-9-12-16-31)25-34(44)42(37(46)50-27-38(39,40)41)22-14-10-13-17-32(43)26-35(45)49-23-24-51(6,7)8/h9-21,25,29-30,33,36H,22-24,26-27H2,1-8H3/b14-10-,17-13-,19-18+,21-20+,28-25+/t29-,30+,33-,36-/m0/s1. The van der Waals surface area contributed by atoms with Crippen molar-refractivity contribution in [2.45, 2.75) is 68.9 Å². The van der Waals surface area contributed by atoms with Crippen molar-refractivity contribution in [3.05, 3.63) is 90.1 Å². The zero-order valence-corrected chi connectivity index (χ0v) is 34.0. The highest BCUT2D eigenvalue weighted by Gasteiger charge is 2.28. The van der Waals surface area contributed by atoms with E-state index in [9.17, 15) is 19.2 Å². The Morgan fingerprint density at radius 1 is 0.922 bits per heavy atom. The molecular weight excluding hydrogens is 733 g/mol. The largest absolute Gasteiger partial charge is 0.466 e. The highest BCUT2D eigenvalue weighted by molar-refractivity contribution is 6.76. The summed E-state index contributed by atoms with van der Waals surface area (Å²) in [6.07, 6.45) is 12.7. The van der Waals surface area contributed by atoms with Crippen LogP contribution >= 0.6 is 34.8 Å². The van der Waals surface area contributed by atoms with Gasteiger partial charge in [0.1, 0.15) is 13.0 Å². The Morgan fingerprint density at radius 3 is 2.18 bits per heavy atom. The highest BCUT2D eigenvalue weighted by atomic mass is 35.6. The number of benzene rings is 1. The van der Waals surface area contributed by atoms with Gasteiger partial charge < -0.3 is 18.9 Å². The summed E-state index contributed by atoms with van der Waals surface area (Å²) >= 11 is 17.2. The Bertz CT molecular complexity index is 1410. The van der Waals surface area contributed by atoms with Gasteiger partial charge >= 0.3 is 12.1 Å². The van der Waals surface area contributed by atoms with E-state index in [1.807, 2.05) is 55.5 Å². The summed E-state index contributed by atoms with van der Waals surface area (Å²) in [6, 6.07) is 10.7. The van der Waals surface area contributed by atoms with Gasteiger partial charge in [0.05, 0.1) is 25.4 Å². The fraction of sp³-hybridized carbons (Fsp3) is 0.474. The van der Waals surface area contributed by atoms with Crippen molar-refractivity contribution < 1.29 is 38.1 Å². The predicted molar refractivity (Wildman–Crippen MR) is 209 cm³/mol. The molecule has 0 fully saturated rings. The Kier molecular flexibility index (Phi) is 21.2. The average Bonchev–Trinajstić information content (AvgIpc) is 3.04. The number of esters is 1. The first-order chi connectivity index (χ1) is 23.9. The number of amides is 2. The summed E-state index contributed by atoms with van der Waals surface area (Å²) in [4.78, 5) is 51.0. The van der Waals surface area contributed by atoms with Crippen LogP contribution < -0.4 is 0 Å². The van der Waals surface area contributed by atoms with Crippen molar-refractivity contribution in [1.82, 2.24) is 4.90 Å². The normalized spacial score (nSPS) is 15.3. The molecule has 0 saturated carbocycles. The Morgan fingerprint density at radius 2 is 1.59 bits per heavy atom. The van der Waals surface area contributed by atoms with Gasteiger partial charge in [-0.1, -0.05) is 141 Å². The van der Waals surface area contributed by atoms with Gasteiger partial charge in [0.2, 0.25) is 3.79 Å². The topological polar surface area (TPSA) is 108 Å². The molecule has 0 N–H and O–H groups in total. The fourth-order valence-electron chi connectivity index (χ4n) is 4.67. The van der Waals surface area contributed by atoms with Gasteiger partial charge in [-0.15, -0.1) is 0 Å². The molecule has 0 spiro atoms. The van der Waals surface area contributed by atoms with Crippen molar-refractivity contribution in [2.75, 3.05) is 34.0 Å².